The smallest absolute Gasteiger partial charge is 0.178 e. The summed E-state index contributed by atoms with van der Waals surface area (Å²) in [5.74, 6) is 0. The highest BCUT2D eigenvalue weighted by atomic mass is 32.1. The van der Waals surface area contributed by atoms with Crippen molar-refractivity contribution in [1.29, 1.82) is 0 Å². The molecule has 2 rings (SSSR count). The average molecular weight is 169 g/mol. The molecule has 0 aliphatic rings. The fourth-order valence-corrected chi connectivity index (χ4v) is 1.44. The summed E-state index contributed by atoms with van der Waals surface area (Å²) in [7, 11) is 0. The topological polar surface area (TPSA) is 51.6 Å². The fraction of sp³-hybridized carbons (Fsp3) is 0. The molecule has 4 nitrogen and oxygen atoms in total. The van der Waals surface area contributed by atoms with Crippen LogP contribution >= 0.6 is 23.1 Å². The zero-order valence-corrected chi connectivity index (χ0v) is 6.32. The van der Waals surface area contributed by atoms with Crippen LogP contribution in [0.15, 0.2) is 6.20 Å². The first-order valence-corrected chi connectivity index (χ1v) is 3.99. The molecule has 2 heterocycles. The second kappa shape index (κ2) is 2.39. The first kappa shape index (κ1) is 5.87. The Morgan fingerprint density at radius 1 is 1.50 bits per heavy atom. The Balaban J connectivity index is 2.48. The van der Waals surface area contributed by atoms with E-state index >= 15 is 0 Å². The van der Waals surface area contributed by atoms with Crippen molar-refractivity contribution in [2.24, 2.45) is 0 Å². The van der Waals surface area contributed by atoms with Crippen LogP contribution in [0.5, 0.6) is 0 Å². The molecule has 0 bridgehead atoms. The predicted octanol–water partition coefficient (Wildman–Crippen LogP) is 0.857. The molecule has 0 saturated carbocycles. The fourth-order valence-electron chi connectivity index (χ4n) is 0.512. The summed E-state index contributed by atoms with van der Waals surface area (Å²) in [6.07, 6.45) is 1.67. The van der Waals surface area contributed by atoms with Crippen LogP contribution in [0.1, 0.15) is 0 Å². The maximum atomic E-state index is 3.98. The van der Waals surface area contributed by atoms with Crippen molar-refractivity contribution in [3.8, 4) is 10.7 Å². The summed E-state index contributed by atoms with van der Waals surface area (Å²) in [5, 5.41) is 8.11. The van der Waals surface area contributed by atoms with Gasteiger partial charge in [0, 0.05) is 0 Å². The van der Waals surface area contributed by atoms with E-state index in [9.17, 15) is 0 Å². The lowest BCUT2D eigenvalue weighted by Crippen LogP contribution is -1.73. The van der Waals surface area contributed by atoms with Gasteiger partial charge in [0.25, 0.3) is 0 Å². The molecule has 2 aromatic heterocycles. The number of rotatable bonds is 1. The van der Waals surface area contributed by atoms with Gasteiger partial charge in [-0.1, -0.05) is 11.3 Å². The molecule has 0 amide bonds. The van der Waals surface area contributed by atoms with E-state index in [1.54, 1.807) is 6.20 Å². The highest BCUT2D eigenvalue weighted by molar-refractivity contribution is 7.12. The molecule has 0 atom stereocenters. The Bertz CT molecular complexity index is 255. The summed E-state index contributed by atoms with van der Waals surface area (Å²) in [5.41, 5.74) is 3.42. The lowest BCUT2D eigenvalue weighted by Gasteiger charge is -1.78. The minimum absolute atomic E-state index is 0.772. The Morgan fingerprint density at radius 2 is 2.50 bits per heavy atom. The molecule has 0 fully saturated rings. The van der Waals surface area contributed by atoms with Crippen molar-refractivity contribution in [2.75, 3.05) is 0 Å². The lowest BCUT2D eigenvalue weighted by molar-refractivity contribution is 1.08. The van der Waals surface area contributed by atoms with E-state index in [2.05, 4.69) is 24.5 Å². The Kier molecular flexibility index (Phi) is 1.40. The molecule has 2 aromatic rings. The zero-order chi connectivity index (χ0) is 6.81. The standard InChI is InChI=1S/C4HN4S2/c1-3(8-10-6-1)4-7-5-2-9-4/h1H. The van der Waals surface area contributed by atoms with Gasteiger partial charge in [0.1, 0.15) is 5.69 Å². The Hall–Kier alpha value is -0.880. The molecular formula is C4HN4S2. The molecule has 49 valence electrons. The van der Waals surface area contributed by atoms with E-state index in [4.69, 9.17) is 0 Å². The second-order valence-electron chi connectivity index (χ2n) is 1.49. The van der Waals surface area contributed by atoms with Crippen molar-refractivity contribution < 1.29 is 0 Å². The van der Waals surface area contributed by atoms with E-state index < -0.39 is 0 Å². The Morgan fingerprint density at radius 3 is 3.10 bits per heavy atom. The average Bonchev–Trinajstić information content (AvgIpc) is 2.59. The van der Waals surface area contributed by atoms with Crippen LogP contribution in [0.3, 0.4) is 0 Å². The lowest BCUT2D eigenvalue weighted by atomic mass is 10.5. The normalized spacial score (nSPS) is 10.0. The molecule has 0 saturated heterocycles. The summed E-state index contributed by atoms with van der Waals surface area (Å²) in [6.45, 7) is 0. The third kappa shape index (κ3) is 0.910. The van der Waals surface area contributed by atoms with Crippen molar-refractivity contribution in [3.63, 3.8) is 0 Å². The largest absolute Gasteiger partial charge is 0.181 e. The second-order valence-corrected chi connectivity index (χ2v) is 2.82. The predicted molar refractivity (Wildman–Crippen MR) is 37.6 cm³/mol. The Labute approximate surface area is 64.9 Å². The van der Waals surface area contributed by atoms with E-state index in [0.29, 0.717) is 0 Å². The van der Waals surface area contributed by atoms with Crippen LogP contribution in [-0.2, 0) is 0 Å². The van der Waals surface area contributed by atoms with Gasteiger partial charge < -0.3 is 0 Å². The molecule has 1 radical (unpaired) electrons. The van der Waals surface area contributed by atoms with E-state index in [1.165, 1.54) is 11.3 Å². The minimum Gasteiger partial charge on any atom is -0.181 e. The van der Waals surface area contributed by atoms with Gasteiger partial charge in [-0.2, -0.15) is 8.75 Å². The van der Waals surface area contributed by atoms with E-state index in [0.717, 1.165) is 22.4 Å². The van der Waals surface area contributed by atoms with Gasteiger partial charge >= 0.3 is 0 Å². The van der Waals surface area contributed by atoms with Gasteiger partial charge in [-0.25, -0.2) is 0 Å². The maximum absolute atomic E-state index is 3.98. The van der Waals surface area contributed by atoms with Crippen LogP contribution in [0, 0.1) is 5.51 Å². The number of aromatic nitrogens is 4. The van der Waals surface area contributed by atoms with Gasteiger partial charge in [-0.05, 0) is 0 Å². The molecule has 0 spiro atoms. The summed E-state index contributed by atoms with van der Waals surface area (Å²) in [4.78, 5) is 0. The van der Waals surface area contributed by atoms with Crippen LogP contribution in [0.2, 0.25) is 0 Å². The van der Waals surface area contributed by atoms with Crippen LogP contribution < -0.4 is 0 Å². The molecule has 10 heavy (non-hydrogen) atoms. The SMILES string of the molecule is [c]1nnc(-c2cnsn2)s1. The molecule has 0 N–H and O–H groups in total. The number of hydrogen-bond acceptors (Lipinski definition) is 6. The van der Waals surface area contributed by atoms with Gasteiger partial charge in [0.15, 0.2) is 10.5 Å². The van der Waals surface area contributed by atoms with Crippen molar-refractivity contribution >= 4 is 23.1 Å². The molecular weight excluding hydrogens is 168 g/mol. The molecule has 6 heteroatoms. The number of nitrogens with zero attached hydrogens (tertiary/aromatic N) is 4. The third-order valence-corrected chi connectivity index (χ3v) is 2.04. The van der Waals surface area contributed by atoms with Gasteiger partial charge in [0.05, 0.1) is 17.9 Å². The quantitative estimate of drug-likeness (QED) is 0.635. The van der Waals surface area contributed by atoms with Crippen molar-refractivity contribution in [3.05, 3.63) is 11.7 Å². The highest BCUT2D eigenvalue weighted by Gasteiger charge is 2.02. The zero-order valence-electron chi connectivity index (χ0n) is 4.68. The maximum Gasteiger partial charge on any atom is 0.178 e. The van der Waals surface area contributed by atoms with Gasteiger partial charge in [-0.3, -0.25) is 0 Å². The van der Waals surface area contributed by atoms with Crippen LogP contribution in [-0.4, -0.2) is 18.9 Å². The first-order valence-electron chi connectivity index (χ1n) is 2.44. The highest BCUT2D eigenvalue weighted by Crippen LogP contribution is 2.16. The summed E-state index contributed by atoms with van der Waals surface area (Å²) < 4.78 is 7.81. The van der Waals surface area contributed by atoms with E-state index in [-0.39, 0.29) is 0 Å². The first-order chi connectivity index (χ1) is 4.97. The third-order valence-electron chi connectivity index (χ3n) is 0.904. The minimum atomic E-state index is 0.772. The summed E-state index contributed by atoms with van der Waals surface area (Å²) >= 11 is 2.50. The van der Waals surface area contributed by atoms with Crippen molar-refractivity contribution in [1.82, 2.24) is 18.9 Å². The van der Waals surface area contributed by atoms with Gasteiger partial charge in [0.2, 0.25) is 0 Å². The summed E-state index contributed by atoms with van der Waals surface area (Å²) in [6, 6.07) is 0. The van der Waals surface area contributed by atoms with Crippen LogP contribution in [0.25, 0.3) is 10.7 Å². The molecule has 0 unspecified atom stereocenters. The van der Waals surface area contributed by atoms with Gasteiger partial charge in [-0.15, -0.1) is 10.2 Å². The molecule has 0 aliphatic heterocycles. The van der Waals surface area contributed by atoms with E-state index in [1.807, 2.05) is 0 Å². The number of hydrogen-bond donors (Lipinski definition) is 0. The monoisotopic (exact) mass is 169 g/mol. The van der Waals surface area contributed by atoms with Crippen LogP contribution in [0.4, 0.5) is 0 Å². The van der Waals surface area contributed by atoms with Crippen molar-refractivity contribution in [2.45, 2.75) is 0 Å². The molecule has 0 aromatic carbocycles. The molecule has 0 aliphatic carbocycles.